The molecule has 2 aliphatic rings. The van der Waals surface area contributed by atoms with Gasteiger partial charge in [-0.05, 0) is 87.4 Å². The number of nitrogens with zero attached hydrogens (tertiary/aromatic N) is 2. The van der Waals surface area contributed by atoms with Crippen molar-refractivity contribution in [2.45, 2.75) is 71.1 Å². The van der Waals surface area contributed by atoms with Gasteiger partial charge in [0.05, 0.1) is 25.1 Å². The fourth-order valence-electron chi connectivity index (χ4n) is 5.45. The zero-order valence-corrected chi connectivity index (χ0v) is 21.3. The van der Waals surface area contributed by atoms with Crippen molar-refractivity contribution in [3.8, 4) is 17.2 Å². The molecule has 0 bridgehead atoms. The van der Waals surface area contributed by atoms with E-state index in [0.29, 0.717) is 37.1 Å². The first-order chi connectivity index (χ1) is 17.4. The van der Waals surface area contributed by atoms with Crippen molar-refractivity contribution in [2.75, 3.05) is 6.61 Å². The average molecular weight is 490 g/mol. The summed E-state index contributed by atoms with van der Waals surface area (Å²) in [5.41, 5.74) is 1.24. The second-order valence-electron chi connectivity index (χ2n) is 10.3. The van der Waals surface area contributed by atoms with Crippen LogP contribution in [-0.4, -0.2) is 39.5 Å². The monoisotopic (exact) mass is 489 g/mol. The van der Waals surface area contributed by atoms with Crippen molar-refractivity contribution in [3.63, 3.8) is 0 Å². The molecule has 3 aromatic rings. The summed E-state index contributed by atoms with van der Waals surface area (Å²) in [5, 5.41) is 3.30. The number of nitrogens with one attached hydrogen (secondary N) is 1. The summed E-state index contributed by atoms with van der Waals surface area (Å²) in [7, 11) is 0. The third-order valence-electron chi connectivity index (χ3n) is 7.70. The van der Waals surface area contributed by atoms with Crippen LogP contribution in [0.1, 0.15) is 62.5 Å². The Morgan fingerprint density at radius 1 is 1.08 bits per heavy atom. The van der Waals surface area contributed by atoms with E-state index < -0.39 is 5.54 Å². The van der Waals surface area contributed by atoms with Crippen molar-refractivity contribution in [3.05, 3.63) is 66.1 Å². The first-order valence-electron chi connectivity index (χ1n) is 13.0. The molecule has 7 heteroatoms. The summed E-state index contributed by atoms with van der Waals surface area (Å²) < 4.78 is 13.1. The minimum absolute atomic E-state index is 0.105. The first-order valence-corrected chi connectivity index (χ1v) is 13.0. The molecule has 1 atom stereocenters. The number of benzene rings is 1. The van der Waals surface area contributed by atoms with Gasteiger partial charge in [0.15, 0.2) is 0 Å². The van der Waals surface area contributed by atoms with Crippen molar-refractivity contribution >= 4 is 11.8 Å². The number of hydrogen-bond donors (Lipinski definition) is 1. The molecule has 5 rings (SSSR count). The lowest BCUT2D eigenvalue weighted by molar-refractivity contribution is -0.134. The minimum Gasteiger partial charge on any atom is -0.494 e. The van der Waals surface area contributed by atoms with Crippen LogP contribution in [0.25, 0.3) is 11.5 Å². The Kier molecular flexibility index (Phi) is 6.65. The highest BCUT2D eigenvalue weighted by Gasteiger charge is 2.48. The number of carbonyl (C=O) groups is 2. The lowest BCUT2D eigenvalue weighted by atomic mass is 9.86. The van der Waals surface area contributed by atoms with Gasteiger partial charge in [-0.1, -0.05) is 19.1 Å². The van der Waals surface area contributed by atoms with E-state index in [-0.39, 0.29) is 17.9 Å². The largest absolute Gasteiger partial charge is 0.494 e. The van der Waals surface area contributed by atoms with Gasteiger partial charge in [0.1, 0.15) is 22.7 Å². The molecule has 2 aromatic heterocycles. The van der Waals surface area contributed by atoms with Gasteiger partial charge in [-0.2, -0.15) is 0 Å². The molecule has 0 radical (unpaired) electrons. The number of aromatic nitrogens is 1. The molecule has 36 heavy (non-hydrogen) atoms. The first kappa shape index (κ1) is 24.2. The highest BCUT2D eigenvalue weighted by molar-refractivity contribution is 6.00. The number of fused-ring (bicyclic) bond motifs is 1. The van der Waals surface area contributed by atoms with Crippen molar-refractivity contribution in [1.82, 2.24) is 14.8 Å². The molecule has 7 nitrogen and oxygen atoms in total. The maximum absolute atomic E-state index is 13.9. The summed E-state index contributed by atoms with van der Waals surface area (Å²) in [6, 6.07) is 15.3. The molecular weight excluding hydrogens is 454 g/mol. The lowest BCUT2D eigenvalue weighted by Gasteiger charge is -2.45. The summed E-state index contributed by atoms with van der Waals surface area (Å²) in [4.78, 5) is 29.5. The predicted octanol–water partition coefficient (Wildman–Crippen LogP) is 5.26. The van der Waals surface area contributed by atoms with Gasteiger partial charge in [0, 0.05) is 12.6 Å². The van der Waals surface area contributed by atoms with E-state index >= 15 is 0 Å². The fraction of sp³-hybridized carbons (Fsp3) is 0.448. The van der Waals surface area contributed by atoms with Crippen LogP contribution in [-0.2, 0) is 17.9 Å². The summed E-state index contributed by atoms with van der Waals surface area (Å²) in [6.07, 6.45) is 5.79. The van der Waals surface area contributed by atoms with E-state index in [4.69, 9.17) is 9.15 Å². The number of rotatable bonds is 7. The zero-order valence-electron chi connectivity index (χ0n) is 21.3. The van der Waals surface area contributed by atoms with Gasteiger partial charge in [0.25, 0.3) is 5.91 Å². The fourth-order valence-corrected chi connectivity index (χ4v) is 5.45. The molecule has 1 N–H and O–H groups in total. The van der Waals surface area contributed by atoms with Crippen LogP contribution >= 0.6 is 0 Å². The number of hydrogen-bond acceptors (Lipinski definition) is 4. The minimum atomic E-state index is -1.06. The van der Waals surface area contributed by atoms with E-state index in [1.807, 2.05) is 66.9 Å². The Balaban J connectivity index is 1.48. The van der Waals surface area contributed by atoms with Crippen molar-refractivity contribution in [2.24, 2.45) is 5.92 Å². The SMILES string of the molecule is CCOc1ccc(CN2C(=O)c3ccc(-c4ccco4)n3C[C@]2(C)C(=O)NC2CCC(C)CC2)cc1. The Morgan fingerprint density at radius 2 is 1.81 bits per heavy atom. The lowest BCUT2D eigenvalue weighted by Crippen LogP contribution is -2.64. The Bertz CT molecular complexity index is 1210. The van der Waals surface area contributed by atoms with Crippen molar-refractivity contribution < 1.29 is 18.7 Å². The van der Waals surface area contributed by atoms with Crippen LogP contribution in [0, 0.1) is 5.92 Å². The van der Waals surface area contributed by atoms with Gasteiger partial charge in [0.2, 0.25) is 5.91 Å². The standard InChI is InChI=1S/C29H35N3O4/c1-4-35-23-13-9-21(10-14-23)18-32-27(33)25-16-15-24(26-6-5-17-36-26)31(25)19-29(32,3)28(34)30-22-11-7-20(2)8-12-22/h5-6,9-10,13-17,20,22H,4,7-8,11-12,18-19H2,1-3H3,(H,30,34)/t20?,22?,29-/m1/s1. The number of amides is 2. The molecule has 1 aliphatic carbocycles. The molecule has 1 fully saturated rings. The Labute approximate surface area is 212 Å². The molecule has 1 aliphatic heterocycles. The molecule has 0 spiro atoms. The van der Waals surface area contributed by atoms with Gasteiger partial charge >= 0.3 is 0 Å². The van der Waals surface area contributed by atoms with Crippen molar-refractivity contribution in [1.29, 1.82) is 0 Å². The molecule has 0 saturated heterocycles. The maximum Gasteiger partial charge on any atom is 0.271 e. The second-order valence-corrected chi connectivity index (χ2v) is 10.3. The van der Waals surface area contributed by atoms with Gasteiger partial charge in [-0.15, -0.1) is 0 Å². The summed E-state index contributed by atoms with van der Waals surface area (Å²) >= 11 is 0. The molecule has 1 saturated carbocycles. The van der Waals surface area contributed by atoms with E-state index in [9.17, 15) is 9.59 Å². The summed E-state index contributed by atoms with van der Waals surface area (Å²) in [5.74, 6) is 1.89. The van der Waals surface area contributed by atoms with Crippen LogP contribution in [0.3, 0.4) is 0 Å². The number of ether oxygens (including phenoxy) is 1. The third kappa shape index (κ3) is 4.54. The van der Waals surface area contributed by atoms with Crippen LogP contribution in [0.5, 0.6) is 5.75 Å². The Morgan fingerprint density at radius 3 is 2.47 bits per heavy atom. The van der Waals surface area contributed by atoms with E-state index in [1.165, 1.54) is 0 Å². The average Bonchev–Trinajstić information content (AvgIpc) is 3.54. The molecule has 0 unspecified atom stereocenters. The number of carbonyl (C=O) groups excluding carboxylic acids is 2. The van der Waals surface area contributed by atoms with Gasteiger partial charge in [-0.25, -0.2) is 0 Å². The molecule has 2 amide bonds. The van der Waals surface area contributed by atoms with Gasteiger partial charge in [-0.3, -0.25) is 9.59 Å². The zero-order chi connectivity index (χ0) is 25.3. The molecule has 1 aromatic carbocycles. The van der Waals surface area contributed by atoms with E-state index in [0.717, 1.165) is 42.7 Å². The van der Waals surface area contributed by atoms with Gasteiger partial charge < -0.3 is 23.9 Å². The Hall–Kier alpha value is -3.48. The molecule has 190 valence electrons. The number of furan rings is 1. The third-order valence-corrected chi connectivity index (χ3v) is 7.70. The van der Waals surface area contributed by atoms with Crippen LogP contribution in [0.4, 0.5) is 0 Å². The van der Waals surface area contributed by atoms with E-state index in [1.54, 1.807) is 11.2 Å². The van der Waals surface area contributed by atoms with E-state index in [2.05, 4.69) is 12.2 Å². The highest BCUT2D eigenvalue weighted by atomic mass is 16.5. The molecular formula is C29H35N3O4. The normalized spacial score (nSPS) is 23.9. The van der Waals surface area contributed by atoms with Crippen LogP contribution in [0.15, 0.2) is 59.2 Å². The quantitative estimate of drug-likeness (QED) is 0.491. The predicted molar refractivity (Wildman–Crippen MR) is 138 cm³/mol. The van der Waals surface area contributed by atoms with Crippen LogP contribution < -0.4 is 10.1 Å². The summed E-state index contributed by atoms with van der Waals surface area (Å²) in [6.45, 7) is 7.37. The highest BCUT2D eigenvalue weighted by Crippen LogP contribution is 2.35. The smallest absolute Gasteiger partial charge is 0.271 e. The van der Waals surface area contributed by atoms with Crippen LogP contribution in [0.2, 0.25) is 0 Å². The maximum atomic E-state index is 13.9. The molecule has 3 heterocycles. The topological polar surface area (TPSA) is 76.7 Å². The second kappa shape index (κ2) is 9.88.